The maximum Gasteiger partial charge on any atom is 0.185 e. The standard InChI is InChI=1S/C15H27N3S/c1-4-14-11-19-15(17-14)18-7-5-13(6-8-18)10-16-9-12(2)3/h11-13,16H,4-10H2,1-3H3. The van der Waals surface area contributed by atoms with E-state index in [1.807, 2.05) is 0 Å². The molecule has 0 aromatic carbocycles. The van der Waals surface area contributed by atoms with Crippen LogP contribution < -0.4 is 10.2 Å². The predicted octanol–water partition coefficient (Wildman–Crippen LogP) is 3.17. The normalized spacial score (nSPS) is 17.4. The fourth-order valence-corrected chi connectivity index (χ4v) is 3.47. The van der Waals surface area contributed by atoms with Crippen LogP contribution in [0, 0.1) is 11.8 Å². The third-order valence-electron chi connectivity index (χ3n) is 3.77. The van der Waals surface area contributed by atoms with Crippen molar-refractivity contribution in [3.05, 3.63) is 11.1 Å². The second-order valence-corrected chi connectivity index (χ2v) is 6.79. The van der Waals surface area contributed by atoms with Gasteiger partial charge in [0.15, 0.2) is 5.13 Å². The zero-order valence-electron chi connectivity index (χ0n) is 12.5. The number of hydrogen-bond donors (Lipinski definition) is 1. The molecule has 1 aliphatic rings. The first-order valence-corrected chi connectivity index (χ1v) is 8.47. The van der Waals surface area contributed by atoms with E-state index in [4.69, 9.17) is 4.98 Å². The maximum absolute atomic E-state index is 4.69. The van der Waals surface area contributed by atoms with Crippen molar-refractivity contribution < 1.29 is 0 Å². The van der Waals surface area contributed by atoms with Gasteiger partial charge in [-0.15, -0.1) is 11.3 Å². The van der Waals surface area contributed by atoms with Crippen LogP contribution in [-0.4, -0.2) is 31.2 Å². The fourth-order valence-electron chi connectivity index (χ4n) is 2.51. The molecule has 0 spiro atoms. The summed E-state index contributed by atoms with van der Waals surface area (Å²) in [4.78, 5) is 7.15. The molecular weight excluding hydrogens is 254 g/mol. The molecule has 2 heterocycles. The van der Waals surface area contributed by atoms with Gasteiger partial charge in [-0.1, -0.05) is 20.8 Å². The number of hydrogen-bond acceptors (Lipinski definition) is 4. The van der Waals surface area contributed by atoms with Gasteiger partial charge < -0.3 is 10.2 Å². The first kappa shape index (κ1) is 14.8. The molecule has 0 radical (unpaired) electrons. The summed E-state index contributed by atoms with van der Waals surface area (Å²) < 4.78 is 0. The second kappa shape index (κ2) is 7.25. The number of piperidine rings is 1. The van der Waals surface area contributed by atoms with Crippen molar-refractivity contribution >= 4 is 16.5 Å². The Kier molecular flexibility index (Phi) is 5.64. The highest BCUT2D eigenvalue weighted by molar-refractivity contribution is 7.13. The van der Waals surface area contributed by atoms with Crippen LogP contribution >= 0.6 is 11.3 Å². The zero-order chi connectivity index (χ0) is 13.7. The van der Waals surface area contributed by atoms with Crippen molar-refractivity contribution in [1.29, 1.82) is 0 Å². The van der Waals surface area contributed by atoms with E-state index in [0.717, 1.165) is 24.8 Å². The second-order valence-electron chi connectivity index (χ2n) is 5.96. The Morgan fingerprint density at radius 2 is 2.16 bits per heavy atom. The molecule has 19 heavy (non-hydrogen) atoms. The molecule has 1 saturated heterocycles. The molecule has 3 nitrogen and oxygen atoms in total. The summed E-state index contributed by atoms with van der Waals surface area (Å²) in [6.07, 6.45) is 3.64. The van der Waals surface area contributed by atoms with Gasteiger partial charge in [-0.2, -0.15) is 0 Å². The van der Waals surface area contributed by atoms with Crippen LogP contribution in [0.25, 0.3) is 0 Å². The summed E-state index contributed by atoms with van der Waals surface area (Å²) in [7, 11) is 0. The summed E-state index contributed by atoms with van der Waals surface area (Å²) in [6.45, 7) is 11.4. The molecule has 0 aliphatic carbocycles. The molecule has 4 heteroatoms. The van der Waals surface area contributed by atoms with Crippen molar-refractivity contribution in [2.24, 2.45) is 11.8 Å². The van der Waals surface area contributed by atoms with E-state index in [9.17, 15) is 0 Å². The number of aryl methyl sites for hydroxylation is 1. The van der Waals surface area contributed by atoms with Crippen molar-refractivity contribution in [2.75, 3.05) is 31.1 Å². The highest BCUT2D eigenvalue weighted by Gasteiger charge is 2.20. The average Bonchev–Trinajstić information content (AvgIpc) is 2.88. The molecular formula is C15H27N3S. The van der Waals surface area contributed by atoms with Gasteiger partial charge in [0.05, 0.1) is 5.69 Å². The summed E-state index contributed by atoms with van der Waals surface area (Å²) in [5.41, 5.74) is 1.24. The average molecular weight is 281 g/mol. The zero-order valence-corrected chi connectivity index (χ0v) is 13.3. The number of thiazole rings is 1. The number of nitrogens with zero attached hydrogens (tertiary/aromatic N) is 2. The lowest BCUT2D eigenvalue weighted by Crippen LogP contribution is -2.37. The molecule has 0 atom stereocenters. The smallest absolute Gasteiger partial charge is 0.185 e. The highest BCUT2D eigenvalue weighted by Crippen LogP contribution is 2.26. The molecule has 1 fully saturated rings. The van der Waals surface area contributed by atoms with Crippen molar-refractivity contribution in [3.8, 4) is 0 Å². The van der Waals surface area contributed by atoms with E-state index in [2.05, 4.69) is 36.4 Å². The minimum atomic E-state index is 0.753. The molecule has 0 saturated carbocycles. The summed E-state index contributed by atoms with van der Waals surface area (Å²) in [5.74, 6) is 1.60. The van der Waals surface area contributed by atoms with Crippen LogP contribution in [0.3, 0.4) is 0 Å². The van der Waals surface area contributed by atoms with Crippen molar-refractivity contribution in [1.82, 2.24) is 10.3 Å². The molecule has 1 aliphatic heterocycles. The van der Waals surface area contributed by atoms with E-state index < -0.39 is 0 Å². The predicted molar refractivity (Wildman–Crippen MR) is 84.1 cm³/mol. The minimum absolute atomic E-state index is 0.753. The molecule has 0 amide bonds. The van der Waals surface area contributed by atoms with Crippen LogP contribution in [0.2, 0.25) is 0 Å². The number of aromatic nitrogens is 1. The summed E-state index contributed by atoms with van der Waals surface area (Å²) >= 11 is 1.80. The number of anilines is 1. The van der Waals surface area contributed by atoms with E-state index in [1.165, 1.54) is 43.3 Å². The third kappa shape index (κ3) is 4.46. The Morgan fingerprint density at radius 3 is 2.74 bits per heavy atom. The molecule has 2 rings (SSSR count). The van der Waals surface area contributed by atoms with Crippen molar-refractivity contribution in [2.45, 2.75) is 40.0 Å². The lowest BCUT2D eigenvalue weighted by molar-refractivity contribution is 0.374. The van der Waals surface area contributed by atoms with Gasteiger partial charge in [0.25, 0.3) is 0 Å². The van der Waals surface area contributed by atoms with Gasteiger partial charge in [-0.3, -0.25) is 0 Å². The monoisotopic (exact) mass is 281 g/mol. The van der Waals surface area contributed by atoms with Gasteiger partial charge in [0, 0.05) is 18.5 Å². The summed E-state index contributed by atoms with van der Waals surface area (Å²) in [5, 5.41) is 7.02. The van der Waals surface area contributed by atoms with Crippen LogP contribution in [-0.2, 0) is 6.42 Å². The van der Waals surface area contributed by atoms with Gasteiger partial charge >= 0.3 is 0 Å². The SMILES string of the molecule is CCc1csc(N2CCC(CNCC(C)C)CC2)n1. The molecule has 1 aromatic heterocycles. The fraction of sp³-hybridized carbons (Fsp3) is 0.800. The topological polar surface area (TPSA) is 28.2 Å². The van der Waals surface area contributed by atoms with Crippen LogP contribution in [0.5, 0.6) is 0 Å². The first-order chi connectivity index (χ1) is 9.19. The Labute approximate surface area is 121 Å². The number of nitrogens with one attached hydrogen (secondary N) is 1. The van der Waals surface area contributed by atoms with E-state index in [-0.39, 0.29) is 0 Å². The molecule has 1 N–H and O–H groups in total. The van der Waals surface area contributed by atoms with Gasteiger partial charge in [-0.25, -0.2) is 4.98 Å². The van der Waals surface area contributed by atoms with E-state index in [1.54, 1.807) is 11.3 Å². The van der Waals surface area contributed by atoms with Crippen LogP contribution in [0.1, 0.15) is 39.3 Å². The highest BCUT2D eigenvalue weighted by atomic mass is 32.1. The molecule has 108 valence electrons. The maximum atomic E-state index is 4.69. The Hall–Kier alpha value is -0.610. The lowest BCUT2D eigenvalue weighted by Gasteiger charge is -2.32. The Balaban J connectivity index is 1.73. The van der Waals surface area contributed by atoms with Crippen LogP contribution in [0.4, 0.5) is 5.13 Å². The first-order valence-electron chi connectivity index (χ1n) is 7.59. The summed E-state index contributed by atoms with van der Waals surface area (Å²) in [6, 6.07) is 0. The van der Waals surface area contributed by atoms with Gasteiger partial charge in [0.2, 0.25) is 0 Å². The molecule has 0 unspecified atom stereocenters. The third-order valence-corrected chi connectivity index (χ3v) is 4.72. The largest absolute Gasteiger partial charge is 0.348 e. The molecule has 1 aromatic rings. The van der Waals surface area contributed by atoms with Gasteiger partial charge in [-0.05, 0) is 44.2 Å². The minimum Gasteiger partial charge on any atom is -0.348 e. The Morgan fingerprint density at radius 1 is 1.42 bits per heavy atom. The lowest BCUT2D eigenvalue weighted by atomic mass is 9.97. The quantitative estimate of drug-likeness (QED) is 0.868. The van der Waals surface area contributed by atoms with Crippen molar-refractivity contribution in [3.63, 3.8) is 0 Å². The number of rotatable bonds is 6. The Bertz CT molecular complexity index is 367. The van der Waals surface area contributed by atoms with Crippen LogP contribution in [0.15, 0.2) is 5.38 Å². The molecule has 0 bridgehead atoms. The van der Waals surface area contributed by atoms with E-state index >= 15 is 0 Å². The van der Waals surface area contributed by atoms with Gasteiger partial charge in [0.1, 0.15) is 0 Å². The van der Waals surface area contributed by atoms with E-state index in [0.29, 0.717) is 0 Å².